The number of benzene rings is 4. The number of methoxy groups -OCH3 is 1. The van der Waals surface area contributed by atoms with Crippen LogP contribution in [0.2, 0.25) is 0 Å². The molecule has 5 rings (SSSR count). The molecule has 0 radical (unpaired) electrons. The molecule has 2 heteroatoms. The molecular weight excluding hydrogens is 414 g/mol. The van der Waals surface area contributed by atoms with Gasteiger partial charge in [0.15, 0.2) is 5.71 Å². The largest absolute Gasteiger partial charge is 0.496 e. The van der Waals surface area contributed by atoms with Crippen LogP contribution in [-0.2, 0) is 11.8 Å². The van der Waals surface area contributed by atoms with E-state index in [1.165, 1.54) is 33.3 Å². The lowest BCUT2D eigenvalue weighted by atomic mass is 9.73. The first-order chi connectivity index (χ1) is 16.6. The summed E-state index contributed by atoms with van der Waals surface area (Å²) in [5.74, 6) is 0.880. The highest BCUT2D eigenvalue weighted by Gasteiger charge is 2.47. The minimum atomic E-state index is -0.152. The second kappa shape index (κ2) is 9.15. The Bertz CT molecular complexity index is 1430. The highest BCUT2D eigenvalue weighted by molar-refractivity contribution is 6.08. The molecule has 0 aromatic heterocycles. The molecule has 1 atom stereocenters. The molecule has 34 heavy (non-hydrogen) atoms. The van der Waals surface area contributed by atoms with Crippen molar-refractivity contribution in [3.05, 3.63) is 126 Å². The molecule has 1 heterocycles. The Morgan fingerprint density at radius 2 is 1.50 bits per heavy atom. The summed E-state index contributed by atoms with van der Waals surface area (Å²) < 4.78 is 7.85. The molecule has 0 saturated heterocycles. The summed E-state index contributed by atoms with van der Waals surface area (Å²) >= 11 is 0. The molecule has 4 aromatic carbocycles. The number of hydrogen-bond acceptors (Lipinski definition) is 1. The molecule has 0 fully saturated rings. The molecule has 0 bridgehead atoms. The van der Waals surface area contributed by atoms with E-state index in [0.717, 1.165) is 17.7 Å². The van der Waals surface area contributed by atoms with E-state index in [1.807, 2.05) is 18.2 Å². The van der Waals surface area contributed by atoms with E-state index < -0.39 is 0 Å². The van der Waals surface area contributed by atoms with Gasteiger partial charge in [-0.3, -0.25) is 0 Å². The van der Waals surface area contributed by atoms with E-state index in [1.54, 1.807) is 7.11 Å². The van der Waals surface area contributed by atoms with Crippen LogP contribution in [0.3, 0.4) is 0 Å². The fraction of sp³-hybridized carbons (Fsp3) is 0.156. The van der Waals surface area contributed by atoms with Crippen LogP contribution in [0.5, 0.6) is 5.75 Å². The number of rotatable bonds is 6. The SMILES string of the molecule is COc1ccccc1/C=C/C=C/C1=[N+](C)c2ccc3ccccc3c2C1(C)Cc1ccccc1. The Kier molecular flexibility index (Phi) is 5.90. The van der Waals surface area contributed by atoms with Crippen LogP contribution >= 0.6 is 0 Å². The Morgan fingerprint density at radius 1 is 0.794 bits per heavy atom. The van der Waals surface area contributed by atoms with Gasteiger partial charge in [-0.1, -0.05) is 91.0 Å². The highest BCUT2D eigenvalue weighted by Crippen LogP contribution is 2.45. The first-order valence-electron chi connectivity index (χ1n) is 11.8. The van der Waals surface area contributed by atoms with Crippen LogP contribution in [0.15, 0.2) is 109 Å². The van der Waals surface area contributed by atoms with Crippen LogP contribution < -0.4 is 4.74 Å². The van der Waals surface area contributed by atoms with Crippen molar-refractivity contribution in [1.82, 2.24) is 0 Å². The fourth-order valence-corrected chi connectivity index (χ4v) is 5.34. The Morgan fingerprint density at radius 3 is 2.32 bits per heavy atom. The van der Waals surface area contributed by atoms with E-state index in [4.69, 9.17) is 4.74 Å². The zero-order valence-corrected chi connectivity index (χ0v) is 20.0. The smallest absolute Gasteiger partial charge is 0.210 e. The lowest BCUT2D eigenvalue weighted by Gasteiger charge is -2.24. The standard InChI is InChI=1S/C32H30NO/c1-32(23-24-13-5-4-6-14-24)30(20-12-9-17-26-16-8-11-19-29(26)34-3)33(2)28-22-21-25-15-7-10-18-27(25)31(28)32/h4-22H,23H2,1-3H3/q+1/b17-9+,20-12+. The number of para-hydroxylation sites is 1. The molecule has 1 aliphatic heterocycles. The van der Waals surface area contributed by atoms with Gasteiger partial charge < -0.3 is 4.74 Å². The van der Waals surface area contributed by atoms with Crippen molar-refractivity contribution in [2.75, 3.05) is 14.2 Å². The molecule has 1 unspecified atom stereocenters. The molecule has 0 N–H and O–H groups in total. The molecule has 0 spiro atoms. The first kappa shape index (κ1) is 21.9. The monoisotopic (exact) mass is 444 g/mol. The molecular formula is C32H30NO+. The maximum Gasteiger partial charge on any atom is 0.210 e. The maximum atomic E-state index is 5.49. The topological polar surface area (TPSA) is 12.2 Å². The fourth-order valence-electron chi connectivity index (χ4n) is 5.34. The second-order valence-corrected chi connectivity index (χ2v) is 9.08. The lowest BCUT2D eigenvalue weighted by Crippen LogP contribution is -2.33. The third-order valence-electron chi connectivity index (χ3n) is 6.93. The summed E-state index contributed by atoms with van der Waals surface area (Å²) in [7, 11) is 3.90. The summed E-state index contributed by atoms with van der Waals surface area (Å²) in [5.41, 5.74) is 6.25. The molecule has 2 nitrogen and oxygen atoms in total. The summed E-state index contributed by atoms with van der Waals surface area (Å²) in [6, 6.07) is 32.1. The molecule has 0 aliphatic carbocycles. The predicted molar refractivity (Wildman–Crippen MR) is 143 cm³/mol. The van der Waals surface area contributed by atoms with Crippen molar-refractivity contribution in [2.24, 2.45) is 0 Å². The second-order valence-electron chi connectivity index (χ2n) is 9.08. The zero-order chi connectivity index (χ0) is 23.5. The van der Waals surface area contributed by atoms with Gasteiger partial charge in [0, 0.05) is 23.3 Å². The van der Waals surface area contributed by atoms with E-state index in [0.29, 0.717) is 0 Å². The maximum absolute atomic E-state index is 5.49. The summed E-state index contributed by atoms with van der Waals surface area (Å²) in [5, 5.41) is 2.62. The van der Waals surface area contributed by atoms with Crippen LogP contribution in [0.4, 0.5) is 5.69 Å². The van der Waals surface area contributed by atoms with Crippen molar-refractivity contribution < 1.29 is 9.31 Å². The number of ether oxygens (including phenoxy) is 1. The van der Waals surface area contributed by atoms with Gasteiger partial charge >= 0.3 is 0 Å². The molecule has 0 saturated carbocycles. The van der Waals surface area contributed by atoms with Crippen molar-refractivity contribution in [3.8, 4) is 5.75 Å². The summed E-state index contributed by atoms with van der Waals surface area (Å²) in [6.07, 6.45) is 9.55. The number of nitrogens with zero attached hydrogens (tertiary/aromatic N) is 1. The Balaban J connectivity index is 1.58. The van der Waals surface area contributed by atoms with E-state index in [2.05, 4.69) is 116 Å². The van der Waals surface area contributed by atoms with Crippen LogP contribution in [0.25, 0.3) is 16.8 Å². The first-order valence-corrected chi connectivity index (χ1v) is 11.8. The Labute approximate surface area is 202 Å². The predicted octanol–water partition coefficient (Wildman–Crippen LogP) is 7.35. The minimum Gasteiger partial charge on any atom is -0.496 e. The van der Waals surface area contributed by atoms with Crippen molar-refractivity contribution in [1.29, 1.82) is 0 Å². The summed E-state index contributed by atoms with van der Waals surface area (Å²) in [4.78, 5) is 0. The molecule has 168 valence electrons. The van der Waals surface area contributed by atoms with Gasteiger partial charge in [0.2, 0.25) is 5.69 Å². The van der Waals surface area contributed by atoms with E-state index in [-0.39, 0.29) is 5.41 Å². The Hall–Kier alpha value is -3.91. The van der Waals surface area contributed by atoms with Gasteiger partial charge in [-0.25, -0.2) is 0 Å². The normalized spacial score (nSPS) is 17.7. The van der Waals surface area contributed by atoms with Gasteiger partial charge in [-0.2, -0.15) is 4.58 Å². The molecule has 4 aromatic rings. The highest BCUT2D eigenvalue weighted by atomic mass is 16.5. The number of hydrogen-bond donors (Lipinski definition) is 0. The van der Waals surface area contributed by atoms with Gasteiger partial charge in [0.1, 0.15) is 12.8 Å². The van der Waals surface area contributed by atoms with Crippen LogP contribution in [-0.4, -0.2) is 24.4 Å². The summed E-state index contributed by atoms with van der Waals surface area (Å²) in [6.45, 7) is 2.39. The van der Waals surface area contributed by atoms with Crippen molar-refractivity contribution >= 4 is 28.2 Å². The van der Waals surface area contributed by atoms with Gasteiger partial charge in [0.05, 0.1) is 12.5 Å². The number of allylic oxidation sites excluding steroid dienone is 3. The van der Waals surface area contributed by atoms with Crippen LogP contribution in [0, 0.1) is 0 Å². The lowest BCUT2D eigenvalue weighted by molar-refractivity contribution is -0.401. The van der Waals surface area contributed by atoms with Crippen molar-refractivity contribution in [3.63, 3.8) is 0 Å². The zero-order valence-electron chi connectivity index (χ0n) is 20.0. The van der Waals surface area contributed by atoms with Crippen molar-refractivity contribution in [2.45, 2.75) is 18.8 Å². The third kappa shape index (κ3) is 3.86. The van der Waals surface area contributed by atoms with E-state index in [9.17, 15) is 0 Å². The average Bonchev–Trinajstić information content (AvgIpc) is 3.08. The number of fused-ring (bicyclic) bond motifs is 3. The van der Waals surface area contributed by atoms with E-state index >= 15 is 0 Å². The third-order valence-corrected chi connectivity index (χ3v) is 6.93. The van der Waals surface area contributed by atoms with Gasteiger partial charge in [-0.05, 0) is 41.8 Å². The minimum absolute atomic E-state index is 0.152. The molecule has 1 aliphatic rings. The molecule has 0 amide bonds. The van der Waals surface area contributed by atoms with Gasteiger partial charge in [0.25, 0.3) is 0 Å². The average molecular weight is 445 g/mol. The quantitative estimate of drug-likeness (QED) is 0.224. The van der Waals surface area contributed by atoms with Gasteiger partial charge in [-0.15, -0.1) is 0 Å². The van der Waals surface area contributed by atoms with Crippen LogP contribution in [0.1, 0.15) is 23.6 Å².